The molecule has 0 bridgehead atoms. The first-order valence-corrected chi connectivity index (χ1v) is 7.67. The molecule has 0 unspecified atom stereocenters. The lowest BCUT2D eigenvalue weighted by Crippen LogP contribution is -2.49. The lowest BCUT2D eigenvalue weighted by Gasteiger charge is -2.37. The Morgan fingerprint density at radius 2 is 2.09 bits per heavy atom. The molecule has 0 aromatic carbocycles. The molecule has 1 aliphatic heterocycles. The largest absolute Gasteiger partial charge is 0.481 e. The quantitative estimate of drug-likeness (QED) is 0.845. The van der Waals surface area contributed by atoms with Gasteiger partial charge < -0.3 is 14.7 Å². The van der Waals surface area contributed by atoms with Crippen molar-refractivity contribution in [1.29, 1.82) is 0 Å². The summed E-state index contributed by atoms with van der Waals surface area (Å²) in [6.45, 7) is 3.18. The number of piperidine rings is 1. The molecule has 1 saturated heterocycles. The smallest absolute Gasteiger partial charge is 0.409 e. The van der Waals surface area contributed by atoms with Crippen LogP contribution in [0.4, 0.5) is 4.79 Å². The van der Waals surface area contributed by atoms with E-state index in [4.69, 9.17) is 4.74 Å². The van der Waals surface area contributed by atoms with E-state index < -0.39 is 11.4 Å². The van der Waals surface area contributed by atoms with Crippen molar-refractivity contribution in [3.05, 3.63) is 30.1 Å². The van der Waals surface area contributed by atoms with Crippen LogP contribution >= 0.6 is 0 Å². The molecule has 6 heteroatoms. The van der Waals surface area contributed by atoms with Gasteiger partial charge in [0, 0.05) is 19.3 Å². The maximum absolute atomic E-state index is 11.9. The second kappa shape index (κ2) is 7.24. The summed E-state index contributed by atoms with van der Waals surface area (Å²) in [5.74, 6) is -0.884. The predicted molar refractivity (Wildman–Crippen MR) is 80.6 cm³/mol. The third-order valence-electron chi connectivity index (χ3n) is 4.16. The molecule has 120 valence electrons. The van der Waals surface area contributed by atoms with Crippen molar-refractivity contribution in [3.8, 4) is 0 Å². The number of pyridine rings is 1. The molecule has 0 aliphatic carbocycles. The Morgan fingerprint density at radius 3 is 2.64 bits per heavy atom. The maximum Gasteiger partial charge on any atom is 0.409 e. The Morgan fingerprint density at radius 1 is 1.36 bits per heavy atom. The van der Waals surface area contributed by atoms with Crippen molar-refractivity contribution in [2.24, 2.45) is 0 Å². The Labute approximate surface area is 130 Å². The molecule has 1 aliphatic rings. The number of ether oxygens (including phenoxy) is 1. The molecule has 1 N–H and O–H groups in total. The third-order valence-corrected chi connectivity index (χ3v) is 4.16. The molecule has 0 saturated carbocycles. The van der Waals surface area contributed by atoms with Gasteiger partial charge in [-0.2, -0.15) is 0 Å². The van der Waals surface area contributed by atoms with Crippen LogP contribution in [0.25, 0.3) is 0 Å². The first-order chi connectivity index (χ1) is 10.6. The maximum atomic E-state index is 11.9. The molecular formula is C16H22N2O4. The second-order valence-electron chi connectivity index (χ2n) is 5.56. The molecule has 1 amide bonds. The molecule has 2 rings (SSSR count). The summed E-state index contributed by atoms with van der Waals surface area (Å²) in [5, 5.41) is 9.67. The lowest BCUT2D eigenvalue weighted by molar-refractivity contribution is -0.146. The zero-order chi connectivity index (χ0) is 16.0. The zero-order valence-electron chi connectivity index (χ0n) is 12.8. The molecule has 6 nitrogen and oxygen atoms in total. The molecule has 0 spiro atoms. The number of carbonyl (C=O) groups excluding carboxylic acids is 1. The summed E-state index contributed by atoms with van der Waals surface area (Å²) in [6.07, 6.45) is 3.76. The fourth-order valence-corrected chi connectivity index (χ4v) is 2.69. The number of rotatable bonds is 5. The van der Waals surface area contributed by atoms with Crippen molar-refractivity contribution < 1.29 is 19.4 Å². The van der Waals surface area contributed by atoms with Crippen LogP contribution in [0.1, 0.15) is 38.3 Å². The number of unbranched alkanes of at least 4 members (excludes halogenated alkanes) is 1. The molecule has 0 atom stereocenters. The minimum atomic E-state index is -1.01. The molecule has 1 aromatic heterocycles. The van der Waals surface area contributed by atoms with Crippen LogP contribution in [0.15, 0.2) is 24.4 Å². The SMILES string of the molecule is CCCCOC(=O)N1CCC(C(=O)O)(c2ccccn2)CC1. The number of carbonyl (C=O) groups is 2. The van der Waals surface area contributed by atoms with E-state index in [1.807, 2.05) is 6.92 Å². The van der Waals surface area contributed by atoms with Gasteiger partial charge in [-0.1, -0.05) is 19.4 Å². The number of amides is 1. The standard InChI is InChI=1S/C16H22N2O4/c1-2-3-12-22-15(21)18-10-7-16(8-11-18,14(19)20)13-6-4-5-9-17-13/h4-6,9H,2-3,7-8,10-12H2,1H3,(H,19,20). The van der Waals surface area contributed by atoms with Gasteiger partial charge in [-0.25, -0.2) is 4.79 Å². The summed E-state index contributed by atoms with van der Waals surface area (Å²) in [6, 6.07) is 5.29. The van der Waals surface area contributed by atoms with Crippen LogP contribution in [0.5, 0.6) is 0 Å². The van der Waals surface area contributed by atoms with Gasteiger partial charge in [-0.05, 0) is 31.4 Å². The number of nitrogens with zero attached hydrogens (tertiary/aromatic N) is 2. The van der Waals surface area contributed by atoms with Crippen molar-refractivity contribution in [2.45, 2.75) is 38.0 Å². The van der Waals surface area contributed by atoms with Gasteiger partial charge in [-0.15, -0.1) is 0 Å². The molecule has 1 fully saturated rings. The number of likely N-dealkylation sites (tertiary alicyclic amines) is 1. The van der Waals surface area contributed by atoms with Crippen LogP contribution < -0.4 is 0 Å². The van der Waals surface area contributed by atoms with Crippen molar-refractivity contribution >= 4 is 12.1 Å². The molecule has 2 heterocycles. The normalized spacial score (nSPS) is 17.0. The van der Waals surface area contributed by atoms with Crippen molar-refractivity contribution in [1.82, 2.24) is 9.88 Å². The van der Waals surface area contributed by atoms with Crippen molar-refractivity contribution in [3.63, 3.8) is 0 Å². The van der Waals surface area contributed by atoms with E-state index >= 15 is 0 Å². The minimum absolute atomic E-state index is 0.349. The number of hydrogen-bond acceptors (Lipinski definition) is 4. The fraction of sp³-hybridized carbons (Fsp3) is 0.562. The lowest BCUT2D eigenvalue weighted by atomic mass is 9.75. The third kappa shape index (κ3) is 3.37. The summed E-state index contributed by atoms with van der Waals surface area (Å²) < 4.78 is 5.18. The summed E-state index contributed by atoms with van der Waals surface area (Å²) in [5.41, 5.74) is -0.455. The van der Waals surface area contributed by atoms with E-state index in [1.54, 1.807) is 29.3 Å². The predicted octanol–water partition coefficient (Wildman–Crippen LogP) is 2.44. The van der Waals surface area contributed by atoms with Crippen LogP contribution in [0.3, 0.4) is 0 Å². The highest BCUT2D eigenvalue weighted by Crippen LogP contribution is 2.34. The van der Waals surface area contributed by atoms with Crippen LogP contribution in [0.2, 0.25) is 0 Å². The van der Waals surface area contributed by atoms with Crippen LogP contribution in [0, 0.1) is 0 Å². The second-order valence-corrected chi connectivity index (χ2v) is 5.56. The summed E-state index contributed by atoms with van der Waals surface area (Å²) in [7, 11) is 0. The van der Waals surface area contributed by atoms with Gasteiger partial charge in [-0.3, -0.25) is 9.78 Å². The van der Waals surface area contributed by atoms with Gasteiger partial charge in [0.25, 0.3) is 0 Å². The zero-order valence-corrected chi connectivity index (χ0v) is 12.8. The van der Waals surface area contributed by atoms with E-state index in [0.29, 0.717) is 38.2 Å². The topological polar surface area (TPSA) is 79.7 Å². The minimum Gasteiger partial charge on any atom is -0.481 e. The van der Waals surface area contributed by atoms with Gasteiger partial charge in [0.1, 0.15) is 5.41 Å². The number of carboxylic acid groups (broad SMARTS) is 1. The monoisotopic (exact) mass is 306 g/mol. The van der Waals surface area contributed by atoms with Crippen molar-refractivity contribution in [2.75, 3.05) is 19.7 Å². The Hall–Kier alpha value is -2.11. The average molecular weight is 306 g/mol. The number of aromatic nitrogens is 1. The first kappa shape index (κ1) is 16.3. The van der Waals surface area contributed by atoms with Gasteiger partial charge >= 0.3 is 12.1 Å². The van der Waals surface area contributed by atoms with E-state index in [1.165, 1.54) is 0 Å². The Bertz CT molecular complexity index is 510. The first-order valence-electron chi connectivity index (χ1n) is 7.67. The number of hydrogen-bond donors (Lipinski definition) is 1. The molecular weight excluding hydrogens is 284 g/mol. The van der Waals surface area contributed by atoms with E-state index in [9.17, 15) is 14.7 Å². The van der Waals surface area contributed by atoms with Gasteiger partial charge in [0.05, 0.1) is 12.3 Å². The van der Waals surface area contributed by atoms with E-state index in [2.05, 4.69) is 4.98 Å². The van der Waals surface area contributed by atoms with Gasteiger partial charge in [0.2, 0.25) is 0 Å². The van der Waals surface area contributed by atoms with E-state index in [0.717, 1.165) is 12.8 Å². The molecule has 0 radical (unpaired) electrons. The van der Waals surface area contributed by atoms with Crippen LogP contribution in [-0.4, -0.2) is 46.7 Å². The summed E-state index contributed by atoms with van der Waals surface area (Å²) in [4.78, 5) is 29.5. The Balaban J connectivity index is 2.02. The molecule has 22 heavy (non-hydrogen) atoms. The number of carboxylic acids is 1. The highest BCUT2D eigenvalue weighted by molar-refractivity contribution is 5.81. The highest BCUT2D eigenvalue weighted by Gasteiger charge is 2.45. The van der Waals surface area contributed by atoms with E-state index in [-0.39, 0.29) is 6.09 Å². The number of aliphatic carboxylic acids is 1. The fourth-order valence-electron chi connectivity index (χ4n) is 2.69. The highest BCUT2D eigenvalue weighted by atomic mass is 16.6. The van der Waals surface area contributed by atoms with Gasteiger partial charge in [0.15, 0.2) is 0 Å². The van der Waals surface area contributed by atoms with Crippen LogP contribution in [-0.2, 0) is 14.9 Å². The molecule has 1 aromatic rings. The Kier molecular flexibility index (Phi) is 5.35. The average Bonchev–Trinajstić information content (AvgIpc) is 2.55. The summed E-state index contributed by atoms with van der Waals surface area (Å²) >= 11 is 0.